The second kappa shape index (κ2) is 6.25. The molecule has 0 heterocycles. The monoisotopic (exact) mass is 248 g/mol. The van der Waals surface area contributed by atoms with Gasteiger partial charge in [0.2, 0.25) is 0 Å². The van der Waals surface area contributed by atoms with Gasteiger partial charge in [-0.25, -0.2) is 0 Å². The van der Waals surface area contributed by atoms with Gasteiger partial charge in [-0.15, -0.1) is 6.42 Å². The Morgan fingerprint density at radius 1 is 1.61 bits per heavy atom. The van der Waals surface area contributed by atoms with Crippen molar-refractivity contribution in [1.29, 1.82) is 0 Å². The summed E-state index contributed by atoms with van der Waals surface area (Å²) in [5.74, 6) is 2.14. The van der Waals surface area contributed by atoms with Crippen LogP contribution in [-0.4, -0.2) is 24.0 Å². The Hall–Kier alpha value is -2.55. The van der Waals surface area contributed by atoms with E-state index in [4.69, 9.17) is 11.2 Å². The van der Waals surface area contributed by atoms with E-state index in [2.05, 4.69) is 11.2 Å². The van der Waals surface area contributed by atoms with Crippen LogP contribution in [0.15, 0.2) is 18.2 Å². The fourth-order valence-corrected chi connectivity index (χ4v) is 1.23. The Bertz CT molecular complexity index is 505. The highest BCUT2D eigenvalue weighted by Gasteiger charge is 2.12. The number of hydrogen-bond donors (Lipinski definition) is 1. The number of carbonyl (C=O) groups excluding carboxylic acids is 1. The summed E-state index contributed by atoms with van der Waals surface area (Å²) >= 11 is 0. The van der Waals surface area contributed by atoms with Crippen molar-refractivity contribution < 1.29 is 14.5 Å². The molecule has 1 aromatic carbocycles. The highest BCUT2D eigenvalue weighted by Crippen LogP contribution is 2.23. The maximum absolute atomic E-state index is 11.2. The van der Waals surface area contributed by atoms with Crippen LogP contribution in [0, 0.1) is 29.4 Å². The van der Waals surface area contributed by atoms with Crippen LogP contribution in [-0.2, 0) is 4.79 Å². The molecular formula is C12H12N2O4. The van der Waals surface area contributed by atoms with Gasteiger partial charge in [-0.3, -0.25) is 14.9 Å². The second-order valence-electron chi connectivity index (χ2n) is 3.47. The lowest BCUT2D eigenvalue weighted by Gasteiger charge is -2.06. The van der Waals surface area contributed by atoms with E-state index in [9.17, 15) is 14.9 Å². The third-order valence-electron chi connectivity index (χ3n) is 2.13. The molecule has 0 aliphatic carbocycles. The molecule has 1 N–H and O–H groups in total. The number of benzene rings is 1. The molecule has 0 bridgehead atoms. The molecule has 1 rings (SSSR count). The molecule has 18 heavy (non-hydrogen) atoms. The molecule has 6 heteroatoms. The van der Waals surface area contributed by atoms with Crippen LogP contribution in [0.1, 0.15) is 5.56 Å². The Labute approximate surface area is 104 Å². The van der Waals surface area contributed by atoms with Crippen LogP contribution >= 0.6 is 0 Å². The fourth-order valence-electron chi connectivity index (χ4n) is 1.23. The summed E-state index contributed by atoms with van der Waals surface area (Å²) in [5.41, 5.74) is 0.487. The summed E-state index contributed by atoms with van der Waals surface area (Å²) in [6, 6.07) is 4.41. The molecule has 0 saturated heterocycles. The van der Waals surface area contributed by atoms with E-state index in [1.807, 2.05) is 0 Å². The Balaban J connectivity index is 2.64. The van der Waals surface area contributed by atoms with E-state index in [-0.39, 0.29) is 30.5 Å². The maximum Gasteiger partial charge on any atom is 0.276 e. The number of rotatable bonds is 5. The van der Waals surface area contributed by atoms with Crippen LogP contribution in [0.5, 0.6) is 5.75 Å². The first-order chi connectivity index (χ1) is 8.54. The maximum atomic E-state index is 11.2. The van der Waals surface area contributed by atoms with Crippen LogP contribution in [0.25, 0.3) is 0 Å². The van der Waals surface area contributed by atoms with Gasteiger partial charge in [0.05, 0.1) is 17.5 Å². The van der Waals surface area contributed by atoms with Crippen molar-refractivity contribution in [2.24, 2.45) is 0 Å². The van der Waals surface area contributed by atoms with Crippen molar-refractivity contribution >= 4 is 11.6 Å². The number of carbonyl (C=O) groups is 1. The van der Waals surface area contributed by atoms with Crippen molar-refractivity contribution in [3.8, 4) is 18.1 Å². The standard InChI is InChI=1S/C12H12N2O4/c1-3-6-13-12(15)8-18-10-5-4-9(2)11(7-10)14(16)17/h1,4-5,7H,6,8H2,2H3,(H,13,15). The number of nitrogens with one attached hydrogen (secondary N) is 1. The third kappa shape index (κ3) is 3.79. The Morgan fingerprint density at radius 2 is 2.33 bits per heavy atom. The average Bonchev–Trinajstić information content (AvgIpc) is 2.35. The molecule has 0 spiro atoms. The van der Waals surface area contributed by atoms with E-state index in [1.54, 1.807) is 19.1 Å². The van der Waals surface area contributed by atoms with E-state index in [0.717, 1.165) is 0 Å². The Morgan fingerprint density at radius 3 is 2.94 bits per heavy atom. The van der Waals surface area contributed by atoms with E-state index in [1.165, 1.54) is 6.07 Å². The number of amides is 1. The minimum Gasteiger partial charge on any atom is -0.484 e. The van der Waals surface area contributed by atoms with Crippen molar-refractivity contribution in [3.05, 3.63) is 33.9 Å². The fraction of sp³-hybridized carbons (Fsp3) is 0.250. The molecular weight excluding hydrogens is 236 g/mol. The largest absolute Gasteiger partial charge is 0.484 e. The molecule has 94 valence electrons. The molecule has 1 aromatic rings. The number of terminal acetylenes is 1. The summed E-state index contributed by atoms with van der Waals surface area (Å²) in [6.07, 6.45) is 4.97. The molecule has 0 atom stereocenters. The molecule has 6 nitrogen and oxygen atoms in total. The predicted octanol–water partition coefficient (Wildman–Crippen LogP) is 1.03. The minimum atomic E-state index is -0.499. The van der Waals surface area contributed by atoms with Crippen LogP contribution in [0.3, 0.4) is 0 Å². The molecule has 0 aliphatic heterocycles. The number of aryl methyl sites for hydroxylation is 1. The predicted molar refractivity (Wildman–Crippen MR) is 65.2 cm³/mol. The summed E-state index contributed by atoms with van der Waals surface area (Å²) in [7, 11) is 0. The first-order valence-electron chi connectivity index (χ1n) is 5.12. The number of nitro groups is 1. The van der Waals surface area contributed by atoms with Crippen molar-refractivity contribution in [2.75, 3.05) is 13.2 Å². The molecule has 1 amide bonds. The smallest absolute Gasteiger partial charge is 0.276 e. The first-order valence-corrected chi connectivity index (χ1v) is 5.12. The Kier molecular flexibility index (Phi) is 4.69. The molecule has 0 saturated carbocycles. The van der Waals surface area contributed by atoms with Gasteiger partial charge < -0.3 is 10.1 Å². The summed E-state index contributed by atoms with van der Waals surface area (Å²) in [5, 5.41) is 13.1. The minimum absolute atomic E-state index is 0.0449. The highest BCUT2D eigenvalue weighted by molar-refractivity contribution is 5.77. The SMILES string of the molecule is C#CCNC(=O)COc1ccc(C)c([N+](=O)[O-])c1. The van der Waals surface area contributed by atoms with E-state index < -0.39 is 4.92 Å². The van der Waals surface area contributed by atoms with Gasteiger partial charge in [-0.05, 0) is 19.1 Å². The zero-order valence-corrected chi connectivity index (χ0v) is 9.80. The molecule has 0 fully saturated rings. The average molecular weight is 248 g/mol. The van der Waals surface area contributed by atoms with Crippen LogP contribution < -0.4 is 10.1 Å². The van der Waals surface area contributed by atoms with E-state index in [0.29, 0.717) is 5.56 Å². The number of nitro benzene ring substituents is 1. The van der Waals surface area contributed by atoms with Crippen molar-refractivity contribution in [3.63, 3.8) is 0 Å². The van der Waals surface area contributed by atoms with Crippen LogP contribution in [0.2, 0.25) is 0 Å². The summed E-state index contributed by atoms with van der Waals surface area (Å²) < 4.78 is 5.13. The van der Waals surface area contributed by atoms with Gasteiger partial charge in [0.1, 0.15) is 5.75 Å². The summed E-state index contributed by atoms with van der Waals surface area (Å²) in [4.78, 5) is 21.4. The quantitative estimate of drug-likeness (QED) is 0.479. The molecule has 0 aliphatic rings. The number of nitrogens with zero attached hydrogens (tertiary/aromatic N) is 1. The lowest BCUT2D eigenvalue weighted by molar-refractivity contribution is -0.385. The normalized spacial score (nSPS) is 9.33. The molecule has 0 radical (unpaired) electrons. The molecule has 0 aromatic heterocycles. The van der Waals surface area contributed by atoms with Gasteiger partial charge in [0.15, 0.2) is 6.61 Å². The van der Waals surface area contributed by atoms with E-state index >= 15 is 0 Å². The zero-order chi connectivity index (χ0) is 13.5. The summed E-state index contributed by atoms with van der Waals surface area (Å²) in [6.45, 7) is 1.51. The second-order valence-corrected chi connectivity index (χ2v) is 3.47. The molecule has 0 unspecified atom stereocenters. The number of ether oxygens (including phenoxy) is 1. The van der Waals surface area contributed by atoms with Crippen molar-refractivity contribution in [2.45, 2.75) is 6.92 Å². The van der Waals surface area contributed by atoms with Gasteiger partial charge in [0.25, 0.3) is 11.6 Å². The van der Waals surface area contributed by atoms with Gasteiger partial charge in [-0.2, -0.15) is 0 Å². The zero-order valence-electron chi connectivity index (χ0n) is 9.80. The third-order valence-corrected chi connectivity index (χ3v) is 2.13. The number of hydrogen-bond acceptors (Lipinski definition) is 4. The topological polar surface area (TPSA) is 81.5 Å². The van der Waals surface area contributed by atoms with Crippen molar-refractivity contribution in [1.82, 2.24) is 5.32 Å². The van der Waals surface area contributed by atoms with Gasteiger partial charge in [0, 0.05) is 5.56 Å². The lowest BCUT2D eigenvalue weighted by atomic mass is 10.2. The lowest BCUT2D eigenvalue weighted by Crippen LogP contribution is -2.29. The van der Waals surface area contributed by atoms with Gasteiger partial charge in [-0.1, -0.05) is 5.92 Å². The first kappa shape index (κ1) is 13.5. The van der Waals surface area contributed by atoms with Crippen LogP contribution in [0.4, 0.5) is 5.69 Å². The highest BCUT2D eigenvalue weighted by atomic mass is 16.6. The van der Waals surface area contributed by atoms with Gasteiger partial charge >= 0.3 is 0 Å².